The third kappa shape index (κ3) is 1.90. The van der Waals surface area contributed by atoms with Gasteiger partial charge in [0.05, 0.1) is 22.1 Å². The van der Waals surface area contributed by atoms with Gasteiger partial charge in [-0.3, -0.25) is 0 Å². The lowest BCUT2D eigenvalue weighted by molar-refractivity contribution is 0.419. The molecule has 4 nitrogen and oxygen atoms in total. The van der Waals surface area contributed by atoms with Gasteiger partial charge in [0.25, 0.3) is 0 Å². The Hall–Kier alpha value is -1.17. The Morgan fingerprint density at radius 1 is 1.35 bits per heavy atom. The zero-order valence-electron chi connectivity index (χ0n) is 9.54. The summed E-state index contributed by atoms with van der Waals surface area (Å²) in [5.41, 5.74) is 16.2. The van der Waals surface area contributed by atoms with Gasteiger partial charge >= 0.3 is 0 Å². The fraction of sp³-hybridized carbons (Fsp3) is 0.417. The molecule has 4 N–H and O–H groups in total. The average Bonchev–Trinajstić information content (AvgIpc) is 2.77. The van der Waals surface area contributed by atoms with Crippen LogP contribution in [0.5, 0.6) is 0 Å². The first-order chi connectivity index (χ1) is 8.25. The number of hydrogen-bond acceptors (Lipinski definition) is 5. The molecule has 0 spiro atoms. The van der Waals surface area contributed by atoms with Gasteiger partial charge in [-0.05, 0) is 25.0 Å². The van der Waals surface area contributed by atoms with Crippen molar-refractivity contribution in [3.63, 3.8) is 0 Å². The average molecular weight is 248 g/mol. The van der Waals surface area contributed by atoms with Crippen LogP contribution in [0.3, 0.4) is 0 Å². The van der Waals surface area contributed by atoms with Crippen LogP contribution in [0, 0.1) is 0 Å². The molecule has 0 aliphatic carbocycles. The summed E-state index contributed by atoms with van der Waals surface area (Å²) in [4.78, 5) is 6.66. The van der Waals surface area contributed by atoms with E-state index in [-0.39, 0.29) is 12.2 Å². The number of anilines is 1. The van der Waals surface area contributed by atoms with Gasteiger partial charge in [-0.15, -0.1) is 11.3 Å². The van der Waals surface area contributed by atoms with E-state index in [9.17, 15) is 0 Å². The first kappa shape index (κ1) is 11.0. The van der Waals surface area contributed by atoms with E-state index in [1.54, 1.807) is 11.3 Å². The molecular formula is C12H16N4S. The molecule has 2 heterocycles. The molecular weight excluding hydrogens is 232 g/mol. The largest absolute Gasteiger partial charge is 0.354 e. The third-order valence-corrected chi connectivity index (χ3v) is 4.13. The predicted octanol–water partition coefficient (Wildman–Crippen LogP) is 1.51. The number of hydrogen-bond donors (Lipinski definition) is 2. The molecule has 2 aromatic rings. The summed E-state index contributed by atoms with van der Waals surface area (Å²) in [6.07, 6.45) is 1.85. The van der Waals surface area contributed by atoms with Crippen molar-refractivity contribution >= 4 is 27.2 Å². The molecule has 1 aromatic carbocycles. The summed E-state index contributed by atoms with van der Waals surface area (Å²) in [6, 6.07) is 6.49. The van der Waals surface area contributed by atoms with Crippen LogP contribution < -0.4 is 16.4 Å². The number of nitrogens with zero attached hydrogens (tertiary/aromatic N) is 2. The summed E-state index contributed by atoms with van der Waals surface area (Å²) in [6.45, 7) is 0.916. The summed E-state index contributed by atoms with van der Waals surface area (Å²) in [7, 11) is 0. The normalized spacial score (nSPS) is 25.4. The molecule has 1 saturated heterocycles. The van der Waals surface area contributed by atoms with Crippen molar-refractivity contribution in [2.45, 2.75) is 25.0 Å². The van der Waals surface area contributed by atoms with Gasteiger partial charge in [0.1, 0.15) is 5.52 Å². The lowest BCUT2D eigenvalue weighted by Crippen LogP contribution is -2.51. The van der Waals surface area contributed by atoms with Crippen molar-refractivity contribution in [1.82, 2.24) is 4.98 Å². The van der Waals surface area contributed by atoms with E-state index >= 15 is 0 Å². The first-order valence-corrected chi connectivity index (χ1v) is 6.73. The molecule has 3 rings (SSSR count). The van der Waals surface area contributed by atoms with E-state index in [4.69, 9.17) is 11.5 Å². The minimum absolute atomic E-state index is 0.00560. The zero-order valence-corrected chi connectivity index (χ0v) is 10.4. The van der Waals surface area contributed by atoms with Crippen molar-refractivity contribution in [2.75, 3.05) is 11.4 Å². The van der Waals surface area contributed by atoms with Crippen LogP contribution in [-0.2, 0) is 0 Å². The Bertz CT molecular complexity index is 524. The van der Waals surface area contributed by atoms with Gasteiger partial charge in [0.2, 0.25) is 0 Å². The minimum Gasteiger partial charge on any atom is -0.354 e. The summed E-state index contributed by atoms with van der Waals surface area (Å²) >= 11 is 1.66. The molecule has 90 valence electrons. The second-order valence-electron chi connectivity index (χ2n) is 4.52. The van der Waals surface area contributed by atoms with E-state index in [2.05, 4.69) is 28.1 Å². The van der Waals surface area contributed by atoms with E-state index in [1.807, 2.05) is 5.51 Å². The maximum absolute atomic E-state index is 6.18. The number of nitrogens with two attached hydrogens (primary N) is 2. The van der Waals surface area contributed by atoms with Crippen LogP contribution in [0.25, 0.3) is 10.2 Å². The lowest BCUT2D eigenvalue weighted by Gasteiger charge is -2.37. The molecule has 2 unspecified atom stereocenters. The maximum Gasteiger partial charge on any atom is 0.105 e. The SMILES string of the molecule is NC1CCN(c2cccc3scnc23)C(N)C1. The van der Waals surface area contributed by atoms with Crippen LogP contribution in [-0.4, -0.2) is 23.7 Å². The summed E-state index contributed by atoms with van der Waals surface area (Å²) in [5, 5.41) is 0. The topological polar surface area (TPSA) is 68.2 Å². The Morgan fingerprint density at radius 3 is 3.06 bits per heavy atom. The summed E-state index contributed by atoms with van der Waals surface area (Å²) < 4.78 is 1.21. The quantitative estimate of drug-likeness (QED) is 0.802. The van der Waals surface area contributed by atoms with E-state index in [0.29, 0.717) is 0 Å². The molecule has 2 atom stereocenters. The number of para-hydroxylation sites is 1. The highest BCUT2D eigenvalue weighted by molar-refractivity contribution is 7.16. The predicted molar refractivity (Wildman–Crippen MR) is 72.2 cm³/mol. The number of fused-ring (bicyclic) bond motifs is 1. The van der Waals surface area contributed by atoms with E-state index in [0.717, 1.165) is 30.6 Å². The van der Waals surface area contributed by atoms with Gasteiger partial charge in [0.15, 0.2) is 0 Å². The highest BCUT2D eigenvalue weighted by Gasteiger charge is 2.25. The Morgan fingerprint density at radius 2 is 2.24 bits per heavy atom. The number of piperidine rings is 1. The van der Waals surface area contributed by atoms with Gasteiger partial charge in [-0.2, -0.15) is 0 Å². The highest BCUT2D eigenvalue weighted by Crippen LogP contribution is 2.30. The summed E-state index contributed by atoms with van der Waals surface area (Å²) in [5.74, 6) is 0. The molecule has 17 heavy (non-hydrogen) atoms. The molecule has 0 radical (unpaired) electrons. The number of thiazole rings is 1. The van der Waals surface area contributed by atoms with Crippen molar-refractivity contribution in [1.29, 1.82) is 0 Å². The van der Waals surface area contributed by atoms with Gasteiger partial charge in [-0.1, -0.05) is 6.07 Å². The first-order valence-electron chi connectivity index (χ1n) is 5.86. The van der Waals surface area contributed by atoms with Crippen molar-refractivity contribution in [2.24, 2.45) is 11.5 Å². The molecule has 1 aliphatic rings. The minimum atomic E-state index is 0.00560. The number of rotatable bonds is 1. The van der Waals surface area contributed by atoms with Crippen LogP contribution in [0.15, 0.2) is 23.7 Å². The lowest BCUT2D eigenvalue weighted by atomic mass is 10.0. The Kier molecular flexibility index (Phi) is 2.74. The van der Waals surface area contributed by atoms with E-state index in [1.165, 1.54) is 4.70 Å². The monoisotopic (exact) mass is 248 g/mol. The van der Waals surface area contributed by atoms with Gasteiger partial charge < -0.3 is 16.4 Å². The van der Waals surface area contributed by atoms with E-state index < -0.39 is 0 Å². The second kappa shape index (κ2) is 4.25. The number of aromatic nitrogens is 1. The van der Waals surface area contributed by atoms with Crippen molar-refractivity contribution in [3.05, 3.63) is 23.7 Å². The van der Waals surface area contributed by atoms with Crippen LogP contribution in [0.4, 0.5) is 5.69 Å². The molecule has 1 fully saturated rings. The molecule has 0 amide bonds. The molecule has 1 aliphatic heterocycles. The fourth-order valence-electron chi connectivity index (χ4n) is 2.43. The van der Waals surface area contributed by atoms with Crippen LogP contribution in [0.1, 0.15) is 12.8 Å². The van der Waals surface area contributed by atoms with Crippen molar-refractivity contribution < 1.29 is 0 Å². The maximum atomic E-state index is 6.18. The highest BCUT2D eigenvalue weighted by atomic mass is 32.1. The Labute approximate surface area is 104 Å². The molecule has 1 aromatic heterocycles. The van der Waals surface area contributed by atoms with Crippen LogP contribution >= 0.6 is 11.3 Å². The third-order valence-electron chi connectivity index (χ3n) is 3.33. The standard InChI is InChI=1S/C12H16N4S/c13-8-4-5-16(11(14)6-8)9-2-1-3-10-12(9)15-7-17-10/h1-3,7-8,11H,4-6,13-14H2. The van der Waals surface area contributed by atoms with Crippen LogP contribution in [0.2, 0.25) is 0 Å². The van der Waals surface area contributed by atoms with Gasteiger partial charge in [0, 0.05) is 12.6 Å². The number of benzene rings is 1. The Balaban J connectivity index is 2.00. The fourth-order valence-corrected chi connectivity index (χ4v) is 3.13. The van der Waals surface area contributed by atoms with Gasteiger partial charge in [-0.25, -0.2) is 4.98 Å². The smallest absolute Gasteiger partial charge is 0.105 e. The zero-order chi connectivity index (χ0) is 11.8. The molecule has 5 heteroatoms. The van der Waals surface area contributed by atoms with Crippen molar-refractivity contribution in [3.8, 4) is 0 Å². The second-order valence-corrected chi connectivity index (χ2v) is 5.41. The molecule has 0 bridgehead atoms. The molecule has 0 saturated carbocycles.